The van der Waals surface area contributed by atoms with Crippen LogP contribution in [0.15, 0.2) is 48.0 Å². The van der Waals surface area contributed by atoms with Crippen molar-refractivity contribution >= 4 is 23.4 Å². The third-order valence-corrected chi connectivity index (χ3v) is 4.17. The SMILES string of the molecule is CCc1ccc(NC(=O)/C(C#N)=C/c2ccc(C(C)C)c([N+](=O)[O-])c2)cc1. The van der Waals surface area contributed by atoms with Crippen molar-refractivity contribution in [3.05, 3.63) is 74.8 Å². The molecule has 2 aromatic rings. The minimum absolute atomic E-state index is 0.00624. The summed E-state index contributed by atoms with van der Waals surface area (Å²) in [7, 11) is 0. The molecule has 138 valence electrons. The van der Waals surface area contributed by atoms with E-state index in [1.165, 1.54) is 12.1 Å². The molecule has 0 atom stereocenters. The third-order valence-electron chi connectivity index (χ3n) is 4.17. The summed E-state index contributed by atoms with van der Waals surface area (Å²) in [4.78, 5) is 23.2. The van der Waals surface area contributed by atoms with Crippen LogP contribution in [0, 0.1) is 21.4 Å². The zero-order valence-corrected chi connectivity index (χ0v) is 15.5. The molecule has 0 aliphatic carbocycles. The quantitative estimate of drug-likeness (QED) is 0.344. The Labute approximate surface area is 158 Å². The van der Waals surface area contributed by atoms with E-state index in [1.807, 2.05) is 39.0 Å². The van der Waals surface area contributed by atoms with Crippen molar-refractivity contribution in [2.24, 2.45) is 0 Å². The van der Waals surface area contributed by atoms with Crippen molar-refractivity contribution in [2.75, 3.05) is 5.32 Å². The number of benzene rings is 2. The van der Waals surface area contributed by atoms with E-state index < -0.39 is 10.8 Å². The number of hydrogen-bond acceptors (Lipinski definition) is 4. The second-order valence-electron chi connectivity index (χ2n) is 6.40. The number of nitriles is 1. The number of carbonyl (C=O) groups is 1. The first kappa shape index (κ1) is 19.9. The smallest absolute Gasteiger partial charge is 0.273 e. The van der Waals surface area contributed by atoms with Gasteiger partial charge in [-0.15, -0.1) is 0 Å². The molecule has 6 nitrogen and oxygen atoms in total. The molecule has 0 spiro atoms. The standard InChI is InChI=1S/C21H21N3O3/c1-4-15-5-8-18(9-6-15)23-21(25)17(13-22)11-16-7-10-19(14(2)3)20(12-16)24(26)27/h5-12,14H,4H2,1-3H3,(H,23,25)/b17-11+. The summed E-state index contributed by atoms with van der Waals surface area (Å²) in [6, 6.07) is 13.9. The van der Waals surface area contributed by atoms with Crippen LogP contribution in [0.25, 0.3) is 6.08 Å². The molecule has 0 radical (unpaired) electrons. The van der Waals surface area contributed by atoms with Crippen LogP contribution >= 0.6 is 0 Å². The second-order valence-corrected chi connectivity index (χ2v) is 6.40. The Balaban J connectivity index is 2.29. The van der Waals surface area contributed by atoms with Crippen LogP contribution in [-0.4, -0.2) is 10.8 Å². The highest BCUT2D eigenvalue weighted by atomic mass is 16.6. The average Bonchev–Trinajstić information content (AvgIpc) is 2.66. The first-order chi connectivity index (χ1) is 12.8. The summed E-state index contributed by atoms with van der Waals surface area (Å²) < 4.78 is 0. The zero-order valence-electron chi connectivity index (χ0n) is 15.5. The Morgan fingerprint density at radius 1 is 1.26 bits per heavy atom. The van der Waals surface area contributed by atoms with Gasteiger partial charge in [0, 0.05) is 17.3 Å². The van der Waals surface area contributed by atoms with Gasteiger partial charge in [0.05, 0.1) is 4.92 Å². The molecule has 1 amide bonds. The number of nitrogens with one attached hydrogen (secondary N) is 1. The normalized spacial score (nSPS) is 11.1. The van der Waals surface area contributed by atoms with Gasteiger partial charge in [0.25, 0.3) is 11.6 Å². The monoisotopic (exact) mass is 363 g/mol. The van der Waals surface area contributed by atoms with Crippen molar-refractivity contribution in [2.45, 2.75) is 33.1 Å². The van der Waals surface area contributed by atoms with Crippen LogP contribution in [0.1, 0.15) is 43.4 Å². The molecule has 2 rings (SSSR count). The molecule has 27 heavy (non-hydrogen) atoms. The summed E-state index contributed by atoms with van der Waals surface area (Å²) in [6.45, 7) is 5.78. The maximum Gasteiger partial charge on any atom is 0.273 e. The fraction of sp³-hybridized carbons (Fsp3) is 0.238. The number of anilines is 1. The number of hydrogen-bond donors (Lipinski definition) is 1. The van der Waals surface area contributed by atoms with Gasteiger partial charge in [0.1, 0.15) is 11.6 Å². The molecule has 2 aromatic carbocycles. The van der Waals surface area contributed by atoms with Gasteiger partial charge in [-0.1, -0.05) is 45.0 Å². The van der Waals surface area contributed by atoms with Crippen LogP contribution in [0.2, 0.25) is 0 Å². The summed E-state index contributed by atoms with van der Waals surface area (Å²) in [5, 5.41) is 23.3. The second kappa shape index (κ2) is 8.77. The molecule has 0 unspecified atom stereocenters. The van der Waals surface area contributed by atoms with Gasteiger partial charge in [0.2, 0.25) is 0 Å². The van der Waals surface area contributed by atoms with E-state index in [-0.39, 0.29) is 17.2 Å². The minimum Gasteiger partial charge on any atom is -0.321 e. The van der Waals surface area contributed by atoms with E-state index in [9.17, 15) is 20.2 Å². The first-order valence-electron chi connectivity index (χ1n) is 8.66. The first-order valence-corrected chi connectivity index (χ1v) is 8.66. The Kier molecular flexibility index (Phi) is 6.45. The predicted octanol–water partition coefficient (Wildman–Crippen LogP) is 4.83. The maximum atomic E-state index is 12.4. The van der Waals surface area contributed by atoms with Crippen molar-refractivity contribution in [1.29, 1.82) is 5.26 Å². The Morgan fingerprint density at radius 2 is 1.93 bits per heavy atom. The van der Waals surface area contributed by atoms with Gasteiger partial charge in [-0.05, 0) is 41.7 Å². The van der Waals surface area contributed by atoms with E-state index in [0.717, 1.165) is 12.0 Å². The maximum absolute atomic E-state index is 12.4. The van der Waals surface area contributed by atoms with Crippen molar-refractivity contribution < 1.29 is 9.72 Å². The molecule has 0 bridgehead atoms. The Morgan fingerprint density at radius 3 is 2.44 bits per heavy atom. The lowest BCUT2D eigenvalue weighted by molar-refractivity contribution is -0.385. The lowest BCUT2D eigenvalue weighted by atomic mass is 9.98. The van der Waals surface area contributed by atoms with E-state index in [4.69, 9.17) is 0 Å². The number of aryl methyl sites for hydroxylation is 1. The number of rotatable bonds is 6. The molecule has 0 saturated heterocycles. The summed E-state index contributed by atoms with van der Waals surface area (Å²) in [5.74, 6) is -0.564. The van der Waals surface area contributed by atoms with Gasteiger partial charge in [-0.25, -0.2) is 0 Å². The van der Waals surface area contributed by atoms with E-state index in [2.05, 4.69) is 5.32 Å². The van der Waals surface area contributed by atoms with Crippen molar-refractivity contribution in [1.82, 2.24) is 0 Å². The molecule has 6 heteroatoms. The van der Waals surface area contributed by atoms with E-state index >= 15 is 0 Å². The minimum atomic E-state index is -0.558. The number of amides is 1. The van der Waals surface area contributed by atoms with Gasteiger partial charge in [-0.3, -0.25) is 14.9 Å². The fourth-order valence-electron chi connectivity index (χ4n) is 2.63. The predicted molar refractivity (Wildman–Crippen MR) is 105 cm³/mol. The van der Waals surface area contributed by atoms with Crippen LogP contribution in [0.5, 0.6) is 0 Å². The topological polar surface area (TPSA) is 96.0 Å². The van der Waals surface area contributed by atoms with Gasteiger partial charge in [0.15, 0.2) is 0 Å². The molecular formula is C21H21N3O3. The van der Waals surface area contributed by atoms with Gasteiger partial charge in [-0.2, -0.15) is 5.26 Å². The zero-order chi connectivity index (χ0) is 20.0. The van der Waals surface area contributed by atoms with Crippen LogP contribution in [0.4, 0.5) is 11.4 Å². The fourth-order valence-corrected chi connectivity index (χ4v) is 2.63. The summed E-state index contributed by atoms with van der Waals surface area (Å²) in [5.41, 5.74) is 2.61. The lowest BCUT2D eigenvalue weighted by Crippen LogP contribution is -2.13. The number of nitro benzene ring substituents is 1. The highest BCUT2D eigenvalue weighted by Crippen LogP contribution is 2.28. The van der Waals surface area contributed by atoms with Gasteiger partial charge >= 0.3 is 0 Å². The molecular weight excluding hydrogens is 342 g/mol. The van der Waals surface area contributed by atoms with Crippen LogP contribution in [-0.2, 0) is 11.2 Å². The van der Waals surface area contributed by atoms with Crippen LogP contribution < -0.4 is 5.32 Å². The molecule has 0 heterocycles. The Hall–Kier alpha value is -3.46. The van der Waals surface area contributed by atoms with Crippen molar-refractivity contribution in [3.8, 4) is 6.07 Å². The molecule has 0 aromatic heterocycles. The molecule has 0 aliphatic rings. The van der Waals surface area contributed by atoms with Crippen molar-refractivity contribution in [3.63, 3.8) is 0 Å². The van der Waals surface area contributed by atoms with E-state index in [1.54, 1.807) is 24.3 Å². The van der Waals surface area contributed by atoms with E-state index in [0.29, 0.717) is 16.8 Å². The average molecular weight is 363 g/mol. The highest BCUT2D eigenvalue weighted by molar-refractivity contribution is 6.09. The molecule has 1 N–H and O–H groups in total. The van der Waals surface area contributed by atoms with Gasteiger partial charge < -0.3 is 5.32 Å². The molecule has 0 saturated carbocycles. The molecule has 0 fully saturated rings. The lowest BCUT2D eigenvalue weighted by Gasteiger charge is -2.08. The summed E-state index contributed by atoms with van der Waals surface area (Å²) in [6.07, 6.45) is 2.25. The Bertz CT molecular complexity index is 923. The number of nitro groups is 1. The van der Waals surface area contributed by atoms with Crippen LogP contribution in [0.3, 0.4) is 0 Å². The highest BCUT2D eigenvalue weighted by Gasteiger charge is 2.17. The third kappa shape index (κ3) is 5.02. The number of nitrogens with zero attached hydrogens (tertiary/aromatic N) is 2. The molecule has 0 aliphatic heterocycles. The number of carbonyl (C=O) groups excluding carboxylic acids is 1. The largest absolute Gasteiger partial charge is 0.321 e. The summed E-state index contributed by atoms with van der Waals surface area (Å²) >= 11 is 0.